The molecule has 1 aliphatic rings. The quantitative estimate of drug-likeness (QED) is 0.901. The average Bonchev–Trinajstić information content (AvgIpc) is 2.44. The largest absolute Gasteiger partial charge is 0.494 e. The van der Waals surface area contributed by atoms with E-state index in [0.717, 1.165) is 43.7 Å². The second-order valence-corrected chi connectivity index (χ2v) is 7.20. The Morgan fingerprint density at radius 3 is 2.57 bits per heavy atom. The first-order valence-electron chi connectivity index (χ1n) is 7.40. The molecule has 5 nitrogen and oxygen atoms in total. The summed E-state index contributed by atoms with van der Waals surface area (Å²) in [5.74, 6) is 0.942. The summed E-state index contributed by atoms with van der Waals surface area (Å²) in [4.78, 5) is 2.49. The molecule has 0 atom stereocenters. The van der Waals surface area contributed by atoms with Gasteiger partial charge < -0.3 is 9.64 Å². The lowest BCUT2D eigenvalue weighted by molar-refractivity contribution is 0.253. The molecule has 0 saturated carbocycles. The fourth-order valence-corrected chi connectivity index (χ4v) is 3.55. The minimum Gasteiger partial charge on any atom is -0.494 e. The fraction of sp³-hybridized carbons (Fsp3) is 0.600. The molecule has 0 radical (unpaired) electrons. The van der Waals surface area contributed by atoms with Crippen LogP contribution in [-0.4, -0.2) is 40.1 Å². The van der Waals surface area contributed by atoms with E-state index in [-0.39, 0.29) is 10.8 Å². The minimum atomic E-state index is -3.70. The molecule has 1 aliphatic heterocycles. The summed E-state index contributed by atoms with van der Waals surface area (Å²) in [5, 5.41) is 5.36. The van der Waals surface area contributed by atoms with Gasteiger partial charge in [0.05, 0.1) is 11.5 Å². The Bertz CT molecular complexity index is 579. The van der Waals surface area contributed by atoms with E-state index in [4.69, 9.17) is 9.88 Å². The number of benzene rings is 1. The number of nitrogens with two attached hydrogens (primary N) is 1. The highest BCUT2D eigenvalue weighted by Gasteiger charge is 2.25. The van der Waals surface area contributed by atoms with Crippen LogP contribution in [-0.2, 0) is 10.0 Å². The molecule has 0 aliphatic carbocycles. The van der Waals surface area contributed by atoms with Gasteiger partial charge in [-0.1, -0.05) is 6.92 Å². The molecule has 1 aromatic rings. The molecule has 0 amide bonds. The number of hydrogen-bond donors (Lipinski definition) is 1. The van der Waals surface area contributed by atoms with Crippen molar-refractivity contribution in [2.75, 3.05) is 26.7 Å². The van der Waals surface area contributed by atoms with Crippen molar-refractivity contribution in [1.29, 1.82) is 0 Å². The van der Waals surface area contributed by atoms with E-state index in [1.165, 1.54) is 0 Å². The average molecular weight is 312 g/mol. The molecule has 6 heteroatoms. The summed E-state index contributed by atoms with van der Waals surface area (Å²) in [5.41, 5.74) is 0.805. The van der Waals surface area contributed by atoms with Crippen molar-refractivity contribution in [1.82, 2.24) is 4.90 Å². The molecule has 2 N–H and O–H groups in total. The maximum Gasteiger partial charge on any atom is 0.238 e. The van der Waals surface area contributed by atoms with Gasteiger partial charge in [0.25, 0.3) is 0 Å². The molecule has 1 aromatic carbocycles. The molecule has 21 heavy (non-hydrogen) atoms. The molecule has 0 bridgehead atoms. The zero-order valence-corrected chi connectivity index (χ0v) is 13.5. The molecule has 0 unspecified atom stereocenters. The maximum absolute atomic E-state index is 11.8. The van der Waals surface area contributed by atoms with Gasteiger partial charge in [0.15, 0.2) is 0 Å². The van der Waals surface area contributed by atoms with Crippen molar-refractivity contribution in [3.05, 3.63) is 23.8 Å². The molecule has 0 aromatic heterocycles. The van der Waals surface area contributed by atoms with Crippen molar-refractivity contribution in [2.45, 2.75) is 37.0 Å². The third-order valence-electron chi connectivity index (χ3n) is 3.92. The predicted molar refractivity (Wildman–Crippen MR) is 83.1 cm³/mol. The van der Waals surface area contributed by atoms with Crippen LogP contribution in [0.1, 0.15) is 37.7 Å². The number of piperidine rings is 1. The summed E-state index contributed by atoms with van der Waals surface area (Å²) in [6.07, 6.45) is 2.80. The second kappa shape index (κ2) is 6.77. The smallest absolute Gasteiger partial charge is 0.238 e. The lowest BCUT2D eigenvalue weighted by atomic mass is 9.89. The Morgan fingerprint density at radius 1 is 1.33 bits per heavy atom. The number of hydrogen-bond acceptors (Lipinski definition) is 4. The van der Waals surface area contributed by atoms with Gasteiger partial charge >= 0.3 is 0 Å². The van der Waals surface area contributed by atoms with Gasteiger partial charge in [-0.2, -0.15) is 0 Å². The van der Waals surface area contributed by atoms with Crippen LogP contribution in [0.5, 0.6) is 5.75 Å². The van der Waals surface area contributed by atoms with E-state index in [2.05, 4.69) is 11.9 Å². The highest BCUT2D eigenvalue weighted by Crippen LogP contribution is 2.34. The molecule has 0 spiro atoms. The van der Waals surface area contributed by atoms with Crippen LogP contribution >= 0.6 is 0 Å². The molecular formula is C15H24N2O3S. The number of ether oxygens (including phenoxy) is 1. The van der Waals surface area contributed by atoms with Crippen molar-refractivity contribution >= 4 is 10.0 Å². The van der Waals surface area contributed by atoms with Crippen molar-refractivity contribution in [2.24, 2.45) is 5.14 Å². The number of likely N-dealkylation sites (tertiary alicyclic amines) is 1. The SMILES string of the molecule is CCCOc1ccc(S(N)(=O)=O)c(C2CCN(C)CC2)c1. The normalized spacial score (nSPS) is 17.9. The number of rotatable bonds is 5. The van der Waals surface area contributed by atoms with Crippen molar-refractivity contribution in [3.63, 3.8) is 0 Å². The standard InChI is InChI=1S/C15H24N2O3S/c1-3-10-20-13-4-5-15(21(16,18)19)14(11-13)12-6-8-17(2)9-7-12/h4-5,11-12H,3,6-10H2,1-2H3,(H2,16,18,19). The zero-order chi connectivity index (χ0) is 15.5. The fourth-order valence-electron chi connectivity index (χ4n) is 2.73. The molecule has 118 valence electrons. The van der Waals surface area contributed by atoms with Gasteiger partial charge in [-0.15, -0.1) is 0 Å². The van der Waals surface area contributed by atoms with E-state index in [1.54, 1.807) is 12.1 Å². The van der Waals surface area contributed by atoms with Crippen LogP contribution in [0.25, 0.3) is 0 Å². The van der Waals surface area contributed by atoms with Crippen LogP contribution < -0.4 is 9.88 Å². The molecule has 1 saturated heterocycles. The first-order chi connectivity index (χ1) is 9.91. The monoisotopic (exact) mass is 312 g/mol. The summed E-state index contributed by atoms with van der Waals surface area (Å²) < 4.78 is 29.3. The van der Waals surface area contributed by atoms with Gasteiger partial charge in [-0.05, 0) is 69.1 Å². The lowest BCUT2D eigenvalue weighted by Gasteiger charge is -2.30. The minimum absolute atomic E-state index is 0.222. The van der Waals surface area contributed by atoms with E-state index < -0.39 is 10.0 Å². The third kappa shape index (κ3) is 4.18. The van der Waals surface area contributed by atoms with Gasteiger partial charge in [0.1, 0.15) is 5.75 Å². The number of nitrogens with zero attached hydrogens (tertiary/aromatic N) is 1. The third-order valence-corrected chi connectivity index (χ3v) is 4.90. The van der Waals surface area contributed by atoms with Crippen LogP contribution in [0.15, 0.2) is 23.1 Å². The first-order valence-corrected chi connectivity index (χ1v) is 8.94. The Balaban J connectivity index is 2.34. The maximum atomic E-state index is 11.8. The summed E-state index contributed by atoms with van der Waals surface area (Å²) in [6.45, 7) is 4.60. The van der Waals surface area contributed by atoms with Crippen LogP contribution in [0, 0.1) is 0 Å². The van der Waals surface area contributed by atoms with Crippen LogP contribution in [0.2, 0.25) is 0 Å². The summed E-state index contributed by atoms with van der Waals surface area (Å²) >= 11 is 0. The van der Waals surface area contributed by atoms with Crippen LogP contribution in [0.3, 0.4) is 0 Å². The number of primary sulfonamides is 1. The van der Waals surface area contributed by atoms with Gasteiger partial charge in [-0.3, -0.25) is 0 Å². The Morgan fingerprint density at radius 2 is 2.00 bits per heavy atom. The predicted octanol–water partition coefficient (Wildman–Crippen LogP) is 1.93. The van der Waals surface area contributed by atoms with Crippen LogP contribution in [0.4, 0.5) is 0 Å². The van der Waals surface area contributed by atoms with E-state index in [0.29, 0.717) is 6.61 Å². The van der Waals surface area contributed by atoms with Gasteiger partial charge in [0.2, 0.25) is 10.0 Å². The Kier molecular flexibility index (Phi) is 5.24. The summed E-state index contributed by atoms with van der Waals surface area (Å²) in [6, 6.07) is 5.12. The van der Waals surface area contributed by atoms with E-state index in [1.807, 2.05) is 13.0 Å². The highest BCUT2D eigenvalue weighted by molar-refractivity contribution is 7.89. The molecular weight excluding hydrogens is 288 g/mol. The zero-order valence-electron chi connectivity index (χ0n) is 12.7. The highest BCUT2D eigenvalue weighted by atomic mass is 32.2. The van der Waals surface area contributed by atoms with Crippen molar-refractivity contribution < 1.29 is 13.2 Å². The second-order valence-electron chi connectivity index (χ2n) is 5.67. The number of sulfonamides is 1. The molecule has 1 fully saturated rings. The topological polar surface area (TPSA) is 72.6 Å². The van der Waals surface area contributed by atoms with Gasteiger partial charge in [-0.25, -0.2) is 13.6 Å². The van der Waals surface area contributed by atoms with Gasteiger partial charge in [0, 0.05) is 0 Å². The lowest BCUT2D eigenvalue weighted by Crippen LogP contribution is -2.30. The first kappa shape index (κ1) is 16.3. The Labute approximate surface area is 127 Å². The summed E-state index contributed by atoms with van der Waals surface area (Å²) in [7, 11) is -1.62. The van der Waals surface area contributed by atoms with Crippen molar-refractivity contribution in [3.8, 4) is 5.75 Å². The Hall–Kier alpha value is -1.11. The molecule has 1 heterocycles. The van der Waals surface area contributed by atoms with E-state index >= 15 is 0 Å². The molecule has 2 rings (SSSR count). The van der Waals surface area contributed by atoms with E-state index in [9.17, 15) is 8.42 Å².